The Hall–Kier alpha value is -2.76. The Morgan fingerprint density at radius 1 is 1.07 bits per heavy atom. The molecule has 2 N–H and O–H groups in total. The highest BCUT2D eigenvalue weighted by Crippen LogP contribution is 2.34. The maximum atomic E-state index is 13.1. The number of halogens is 3. The molecule has 0 aliphatic carbocycles. The van der Waals surface area contributed by atoms with Gasteiger partial charge in [0.25, 0.3) is 5.91 Å². The maximum absolute atomic E-state index is 13.1. The fraction of sp³-hybridized carbons (Fsp3) is 0.286. The van der Waals surface area contributed by atoms with Crippen LogP contribution in [0.3, 0.4) is 0 Å². The third-order valence-corrected chi connectivity index (χ3v) is 4.62. The van der Waals surface area contributed by atoms with Crippen LogP contribution >= 0.6 is 0 Å². The lowest BCUT2D eigenvalue weighted by molar-refractivity contribution is -0.138. The van der Waals surface area contributed by atoms with Gasteiger partial charge in [0.1, 0.15) is 0 Å². The Labute approximate surface area is 156 Å². The molecule has 0 unspecified atom stereocenters. The van der Waals surface area contributed by atoms with Gasteiger partial charge < -0.3 is 10.6 Å². The van der Waals surface area contributed by atoms with Crippen LogP contribution in [0.4, 0.5) is 18.9 Å². The lowest BCUT2D eigenvalue weighted by Crippen LogP contribution is -2.27. The van der Waals surface area contributed by atoms with Crippen molar-refractivity contribution in [3.63, 3.8) is 0 Å². The van der Waals surface area contributed by atoms with Crippen LogP contribution in [-0.2, 0) is 11.0 Å². The second-order valence-electron chi connectivity index (χ2n) is 6.73. The summed E-state index contributed by atoms with van der Waals surface area (Å²) in [6, 6.07) is 11.6. The Kier molecular flexibility index (Phi) is 5.26. The second-order valence-corrected chi connectivity index (χ2v) is 6.73. The number of hydrogen-bond acceptors (Lipinski definition) is 2. The summed E-state index contributed by atoms with van der Waals surface area (Å²) in [6.07, 6.45) is -3.09. The number of nitrogens with one attached hydrogen (secondary N) is 2. The topological polar surface area (TPSA) is 41.1 Å². The standard InChI is InChI=1S/C21H21F3N2O/c1-13-5-8-15(9-6-13)19-17(4-3-11-25-19)20(27)26-16-10-7-14(2)18(12-16)21(22,23)24/h5-10,12,25H,3-4,11H2,1-2H3,(H,26,27). The van der Waals surface area contributed by atoms with Crippen molar-refractivity contribution in [2.24, 2.45) is 0 Å². The summed E-state index contributed by atoms with van der Waals surface area (Å²) in [6.45, 7) is 4.13. The number of rotatable bonds is 3. The summed E-state index contributed by atoms with van der Waals surface area (Å²) in [7, 11) is 0. The summed E-state index contributed by atoms with van der Waals surface area (Å²) >= 11 is 0. The Balaban J connectivity index is 1.91. The zero-order chi connectivity index (χ0) is 19.6. The molecule has 0 saturated carbocycles. The van der Waals surface area contributed by atoms with Gasteiger partial charge in [0, 0.05) is 17.8 Å². The quantitative estimate of drug-likeness (QED) is 0.789. The van der Waals surface area contributed by atoms with E-state index in [9.17, 15) is 18.0 Å². The monoisotopic (exact) mass is 374 g/mol. The van der Waals surface area contributed by atoms with E-state index in [4.69, 9.17) is 0 Å². The molecule has 0 atom stereocenters. The average molecular weight is 374 g/mol. The van der Waals surface area contributed by atoms with Crippen molar-refractivity contribution >= 4 is 17.3 Å². The second kappa shape index (κ2) is 7.47. The first-order chi connectivity index (χ1) is 12.8. The fourth-order valence-corrected chi connectivity index (χ4v) is 3.15. The highest BCUT2D eigenvalue weighted by Gasteiger charge is 2.32. The van der Waals surface area contributed by atoms with Crippen molar-refractivity contribution in [3.05, 3.63) is 70.3 Å². The molecule has 0 radical (unpaired) electrons. The highest BCUT2D eigenvalue weighted by molar-refractivity contribution is 6.09. The summed E-state index contributed by atoms with van der Waals surface area (Å²) in [5.74, 6) is -0.380. The minimum Gasteiger partial charge on any atom is -0.384 e. The van der Waals surface area contributed by atoms with E-state index in [1.54, 1.807) is 0 Å². The van der Waals surface area contributed by atoms with Crippen LogP contribution in [0.2, 0.25) is 0 Å². The van der Waals surface area contributed by atoms with Crippen molar-refractivity contribution in [2.45, 2.75) is 32.9 Å². The molecule has 2 aromatic carbocycles. The van der Waals surface area contributed by atoms with E-state index in [0.717, 1.165) is 35.9 Å². The van der Waals surface area contributed by atoms with Gasteiger partial charge in [-0.05, 0) is 49.9 Å². The van der Waals surface area contributed by atoms with Gasteiger partial charge in [0.2, 0.25) is 0 Å². The van der Waals surface area contributed by atoms with Gasteiger partial charge in [0.15, 0.2) is 0 Å². The number of amides is 1. The molecule has 1 aliphatic heterocycles. The smallest absolute Gasteiger partial charge is 0.384 e. The summed E-state index contributed by atoms with van der Waals surface area (Å²) in [5.41, 5.74) is 2.82. The number of carbonyl (C=O) groups is 1. The molecule has 0 aromatic heterocycles. The van der Waals surface area contributed by atoms with Crippen LogP contribution in [0.1, 0.15) is 35.1 Å². The lowest BCUT2D eigenvalue weighted by atomic mass is 9.97. The molecule has 1 aliphatic rings. The predicted molar refractivity (Wildman–Crippen MR) is 100 cm³/mol. The van der Waals surface area contributed by atoms with Gasteiger partial charge in [0.05, 0.1) is 11.3 Å². The van der Waals surface area contributed by atoms with Gasteiger partial charge in [-0.25, -0.2) is 0 Å². The number of anilines is 1. The molecular formula is C21H21F3N2O. The van der Waals surface area contributed by atoms with E-state index in [2.05, 4.69) is 10.6 Å². The number of benzene rings is 2. The summed E-state index contributed by atoms with van der Waals surface area (Å²) < 4.78 is 39.3. The van der Waals surface area contributed by atoms with Gasteiger partial charge in [-0.1, -0.05) is 35.9 Å². The fourth-order valence-electron chi connectivity index (χ4n) is 3.15. The first kappa shape index (κ1) is 19.0. The van der Waals surface area contributed by atoms with Crippen molar-refractivity contribution in [1.82, 2.24) is 5.32 Å². The zero-order valence-electron chi connectivity index (χ0n) is 15.2. The number of alkyl halides is 3. The normalized spacial score (nSPS) is 14.7. The lowest BCUT2D eigenvalue weighted by Gasteiger charge is -2.22. The molecule has 0 bridgehead atoms. The molecule has 6 heteroatoms. The van der Waals surface area contributed by atoms with E-state index in [1.165, 1.54) is 19.1 Å². The van der Waals surface area contributed by atoms with Crippen LogP contribution < -0.4 is 10.6 Å². The zero-order valence-corrected chi connectivity index (χ0v) is 15.2. The highest BCUT2D eigenvalue weighted by atomic mass is 19.4. The maximum Gasteiger partial charge on any atom is 0.416 e. The summed E-state index contributed by atoms with van der Waals surface area (Å²) in [4.78, 5) is 12.8. The van der Waals surface area contributed by atoms with Crippen LogP contribution in [-0.4, -0.2) is 12.5 Å². The number of carbonyl (C=O) groups excluding carboxylic acids is 1. The van der Waals surface area contributed by atoms with Crippen LogP contribution in [0.15, 0.2) is 48.0 Å². The van der Waals surface area contributed by atoms with Crippen LogP contribution in [0.5, 0.6) is 0 Å². The van der Waals surface area contributed by atoms with Crippen molar-refractivity contribution in [1.29, 1.82) is 0 Å². The van der Waals surface area contributed by atoms with E-state index >= 15 is 0 Å². The molecule has 1 amide bonds. The third kappa shape index (κ3) is 4.32. The molecule has 3 rings (SSSR count). The first-order valence-electron chi connectivity index (χ1n) is 8.79. The van der Waals surface area contributed by atoms with Crippen molar-refractivity contribution in [2.75, 3.05) is 11.9 Å². The molecule has 3 nitrogen and oxygen atoms in total. The van der Waals surface area contributed by atoms with E-state index < -0.39 is 11.7 Å². The van der Waals surface area contributed by atoms with E-state index in [1.807, 2.05) is 31.2 Å². The minimum atomic E-state index is -4.45. The van der Waals surface area contributed by atoms with Crippen LogP contribution in [0.25, 0.3) is 5.70 Å². The molecule has 0 spiro atoms. The largest absolute Gasteiger partial charge is 0.416 e. The number of aryl methyl sites for hydroxylation is 2. The van der Waals surface area contributed by atoms with Gasteiger partial charge in [-0.3, -0.25) is 4.79 Å². The van der Waals surface area contributed by atoms with Gasteiger partial charge in [-0.15, -0.1) is 0 Å². The Morgan fingerprint density at radius 3 is 2.44 bits per heavy atom. The average Bonchev–Trinajstić information content (AvgIpc) is 2.63. The molecule has 0 fully saturated rings. The summed E-state index contributed by atoms with van der Waals surface area (Å²) in [5, 5.41) is 5.88. The van der Waals surface area contributed by atoms with Gasteiger partial charge in [-0.2, -0.15) is 13.2 Å². The Morgan fingerprint density at radius 2 is 1.78 bits per heavy atom. The van der Waals surface area contributed by atoms with Gasteiger partial charge >= 0.3 is 6.18 Å². The molecule has 0 saturated heterocycles. The molecule has 2 aromatic rings. The van der Waals surface area contributed by atoms with E-state index in [-0.39, 0.29) is 17.2 Å². The molecular weight excluding hydrogens is 353 g/mol. The molecule has 27 heavy (non-hydrogen) atoms. The minimum absolute atomic E-state index is 0.124. The first-order valence-corrected chi connectivity index (χ1v) is 8.79. The number of hydrogen-bond donors (Lipinski definition) is 2. The molecule has 1 heterocycles. The SMILES string of the molecule is Cc1ccc(C2=C(C(=O)Nc3ccc(C)c(C(F)(F)F)c3)CCCN2)cc1. The van der Waals surface area contributed by atoms with Crippen LogP contribution in [0, 0.1) is 13.8 Å². The van der Waals surface area contributed by atoms with Crippen molar-refractivity contribution in [3.8, 4) is 0 Å². The molecule has 142 valence electrons. The van der Waals surface area contributed by atoms with Crippen molar-refractivity contribution < 1.29 is 18.0 Å². The van der Waals surface area contributed by atoms with E-state index in [0.29, 0.717) is 12.0 Å². The Bertz CT molecular complexity index is 883. The third-order valence-electron chi connectivity index (χ3n) is 4.62. The predicted octanol–water partition coefficient (Wildman–Crippen LogP) is 5.06.